The number of anilines is 2. The lowest BCUT2D eigenvalue weighted by atomic mass is 9.88. The maximum atomic E-state index is 15.3. The molecule has 4 aromatic rings. The average Bonchev–Trinajstić information content (AvgIpc) is 3.69. The third kappa shape index (κ3) is 7.36. The third-order valence-corrected chi connectivity index (χ3v) is 13.4. The van der Waals surface area contributed by atoms with E-state index in [9.17, 15) is 14.4 Å². The first-order valence-corrected chi connectivity index (χ1v) is 21.2. The summed E-state index contributed by atoms with van der Waals surface area (Å²) in [7, 11) is 2.13. The average molecular weight is 790 g/mol. The van der Waals surface area contributed by atoms with Gasteiger partial charge in [0.05, 0.1) is 6.04 Å². The van der Waals surface area contributed by atoms with Gasteiger partial charge >= 0.3 is 0 Å². The van der Waals surface area contributed by atoms with Gasteiger partial charge in [-0.25, -0.2) is 14.4 Å². The van der Waals surface area contributed by atoms with Crippen molar-refractivity contribution in [1.82, 2.24) is 34.6 Å². The van der Waals surface area contributed by atoms with E-state index in [2.05, 4.69) is 73.8 Å². The van der Waals surface area contributed by atoms with Crippen LogP contribution in [0, 0.1) is 5.92 Å². The molecule has 0 aliphatic carbocycles. The second kappa shape index (κ2) is 15.4. The molecule has 3 atom stereocenters. The minimum absolute atomic E-state index is 0.131. The molecule has 1 N–H and O–H groups in total. The van der Waals surface area contributed by atoms with Gasteiger partial charge in [-0.2, -0.15) is 0 Å². The molecule has 12 nitrogen and oxygen atoms in total. The number of halogens is 1. The molecule has 5 aliphatic rings. The molecule has 13 heteroatoms. The van der Waals surface area contributed by atoms with Crippen LogP contribution in [0.5, 0.6) is 0 Å². The number of piperidine rings is 2. The van der Waals surface area contributed by atoms with Gasteiger partial charge in [-0.05, 0) is 101 Å². The number of alkyl halides is 1. The van der Waals surface area contributed by atoms with Gasteiger partial charge in [-0.3, -0.25) is 29.5 Å². The molecule has 7 heterocycles. The lowest BCUT2D eigenvalue weighted by Gasteiger charge is -2.43. The summed E-state index contributed by atoms with van der Waals surface area (Å²) in [5.41, 5.74) is 6.14. The Morgan fingerprint density at radius 1 is 0.914 bits per heavy atom. The van der Waals surface area contributed by atoms with E-state index in [1.165, 1.54) is 28.6 Å². The van der Waals surface area contributed by atoms with E-state index >= 15 is 4.39 Å². The zero-order valence-electron chi connectivity index (χ0n) is 34.3. The van der Waals surface area contributed by atoms with Gasteiger partial charge in [0.15, 0.2) is 0 Å². The summed E-state index contributed by atoms with van der Waals surface area (Å²) in [6, 6.07) is 14.1. The maximum absolute atomic E-state index is 15.3. The van der Waals surface area contributed by atoms with Crippen molar-refractivity contribution in [1.29, 1.82) is 0 Å². The maximum Gasteiger partial charge on any atom is 0.255 e. The number of para-hydroxylation sites is 1. The van der Waals surface area contributed by atoms with Crippen LogP contribution in [0.3, 0.4) is 0 Å². The molecule has 3 fully saturated rings. The number of aryl methyl sites for hydroxylation is 1. The van der Waals surface area contributed by atoms with Crippen LogP contribution >= 0.6 is 0 Å². The summed E-state index contributed by atoms with van der Waals surface area (Å²) in [6.45, 7) is 13.1. The summed E-state index contributed by atoms with van der Waals surface area (Å²) in [5.74, 6) is 0.661. The highest BCUT2D eigenvalue weighted by molar-refractivity contribution is 6.05. The number of carbonyl (C=O) groups is 3. The van der Waals surface area contributed by atoms with Crippen LogP contribution in [0.1, 0.15) is 91.7 Å². The molecule has 306 valence electrons. The fraction of sp³-hybridized carbons (Fsp3) is 0.533. The van der Waals surface area contributed by atoms with Gasteiger partial charge in [0.2, 0.25) is 17.8 Å². The van der Waals surface area contributed by atoms with Gasteiger partial charge in [0.1, 0.15) is 11.7 Å². The van der Waals surface area contributed by atoms with Gasteiger partial charge in [-0.15, -0.1) is 0 Å². The quantitative estimate of drug-likeness (QED) is 0.228. The Morgan fingerprint density at radius 3 is 2.38 bits per heavy atom. The van der Waals surface area contributed by atoms with E-state index in [0.717, 1.165) is 87.8 Å². The zero-order valence-corrected chi connectivity index (χ0v) is 34.3. The van der Waals surface area contributed by atoms with Crippen molar-refractivity contribution in [3.63, 3.8) is 0 Å². The second-order valence-corrected chi connectivity index (χ2v) is 17.9. The summed E-state index contributed by atoms with van der Waals surface area (Å²) in [5, 5.41) is 3.66. The highest BCUT2D eigenvalue weighted by atomic mass is 19.1. The van der Waals surface area contributed by atoms with E-state index in [0.29, 0.717) is 31.0 Å². The number of hydrogen-bond acceptors (Lipinski definition) is 9. The second-order valence-electron chi connectivity index (χ2n) is 17.9. The topological polar surface area (TPSA) is 110 Å². The van der Waals surface area contributed by atoms with Crippen LogP contribution in [-0.4, -0.2) is 117 Å². The molecule has 5 aliphatic heterocycles. The Kier molecular flexibility index (Phi) is 10.2. The van der Waals surface area contributed by atoms with Gasteiger partial charge in [0.25, 0.3) is 5.91 Å². The molecular weight excluding hydrogens is 734 g/mol. The van der Waals surface area contributed by atoms with E-state index < -0.39 is 11.7 Å². The number of imide groups is 1. The number of benzene rings is 2. The van der Waals surface area contributed by atoms with E-state index in [1.54, 1.807) is 18.7 Å². The predicted molar refractivity (Wildman–Crippen MR) is 223 cm³/mol. The van der Waals surface area contributed by atoms with Crippen LogP contribution < -0.4 is 15.1 Å². The van der Waals surface area contributed by atoms with Gasteiger partial charge in [0, 0.05) is 118 Å². The minimum Gasteiger partial charge on any atom is -0.369 e. The molecule has 1 unspecified atom stereocenters. The highest BCUT2D eigenvalue weighted by Crippen LogP contribution is 2.43. The fourth-order valence-corrected chi connectivity index (χ4v) is 10.3. The fourth-order valence-electron chi connectivity index (χ4n) is 10.3. The molecule has 0 bridgehead atoms. The van der Waals surface area contributed by atoms with Crippen molar-refractivity contribution in [3.8, 4) is 0 Å². The van der Waals surface area contributed by atoms with E-state index in [-0.39, 0.29) is 36.2 Å². The first kappa shape index (κ1) is 38.6. The number of piperazine rings is 1. The zero-order chi connectivity index (χ0) is 40.3. The Hall–Kier alpha value is -4.88. The van der Waals surface area contributed by atoms with Crippen molar-refractivity contribution < 1.29 is 18.8 Å². The van der Waals surface area contributed by atoms with Crippen molar-refractivity contribution >= 4 is 40.3 Å². The van der Waals surface area contributed by atoms with E-state index in [4.69, 9.17) is 9.97 Å². The van der Waals surface area contributed by atoms with Crippen molar-refractivity contribution in [2.45, 2.75) is 89.6 Å². The Balaban J connectivity index is 0.776. The number of hydrogen-bond donors (Lipinski definition) is 1. The molecular formula is C45H56FN9O3. The number of amides is 3. The summed E-state index contributed by atoms with van der Waals surface area (Å²) in [4.78, 5) is 58.4. The minimum atomic E-state index is -1.34. The number of carbonyl (C=O) groups excluding carboxylic acids is 3. The molecule has 0 saturated carbocycles. The Morgan fingerprint density at radius 2 is 1.66 bits per heavy atom. The van der Waals surface area contributed by atoms with E-state index in [1.807, 2.05) is 24.5 Å². The predicted octanol–water partition coefficient (Wildman–Crippen LogP) is 5.24. The number of aromatic nitrogens is 3. The summed E-state index contributed by atoms with van der Waals surface area (Å²) < 4.78 is 17.6. The molecule has 0 radical (unpaired) electrons. The lowest BCUT2D eigenvalue weighted by molar-refractivity contribution is -0.136. The molecule has 58 heavy (non-hydrogen) atoms. The van der Waals surface area contributed by atoms with Crippen LogP contribution in [0.2, 0.25) is 0 Å². The number of nitrogens with zero attached hydrogens (tertiary/aromatic N) is 8. The lowest BCUT2D eigenvalue weighted by Crippen LogP contribution is -2.52. The van der Waals surface area contributed by atoms with Crippen molar-refractivity contribution in [3.05, 3.63) is 82.8 Å². The number of nitrogens with one attached hydrogen (secondary N) is 1. The molecule has 2 aromatic carbocycles. The molecule has 3 saturated heterocycles. The summed E-state index contributed by atoms with van der Waals surface area (Å²) in [6.07, 6.45) is 8.88. The number of rotatable bonds is 9. The van der Waals surface area contributed by atoms with Gasteiger partial charge in [-0.1, -0.05) is 18.2 Å². The van der Waals surface area contributed by atoms with Crippen LogP contribution in [-0.2, 0) is 29.6 Å². The molecule has 3 amide bonds. The smallest absolute Gasteiger partial charge is 0.255 e. The normalized spacial score (nSPS) is 23.8. The Labute approximate surface area is 340 Å². The van der Waals surface area contributed by atoms with Crippen molar-refractivity contribution in [2.24, 2.45) is 13.0 Å². The number of fused-ring (bicyclic) bond motifs is 4. The largest absolute Gasteiger partial charge is 0.369 e. The Bertz CT molecular complexity index is 2200. The van der Waals surface area contributed by atoms with Crippen LogP contribution in [0.15, 0.2) is 54.9 Å². The van der Waals surface area contributed by atoms with Crippen molar-refractivity contribution in [2.75, 3.05) is 62.2 Å². The SMILES string of the molecule is C[C@@H]1Cc2c(n(C)c3ccccc23)[C@@H](c2cnc(N3CCC(CCN4CCN(c5ccc6c(c5)CN(C5CCC(=O)NC5=O)C6=O)CC4)CC3)nc2)N1CC(C)(C)F. The van der Waals surface area contributed by atoms with Crippen LogP contribution in [0.25, 0.3) is 10.9 Å². The first-order valence-electron chi connectivity index (χ1n) is 21.2. The standard InChI is InChI=1S/C45H56FN9O3/c1-29-23-36-35-7-5-6-8-37(35)50(4)41(36)40(55(29)28-45(2,3)46)32-25-47-44(48-26-32)53-17-14-30(15-18-53)13-16-51-19-21-52(22-20-51)33-9-10-34-31(24-33)27-54(43(34)58)38-11-12-39(56)49-42(38)57/h5-10,24-26,29-30,38,40H,11-23,27-28H2,1-4H3,(H,49,56,57)/t29-,38?,40-/m1/s1. The highest BCUT2D eigenvalue weighted by Gasteiger charge is 2.41. The molecule has 0 spiro atoms. The van der Waals surface area contributed by atoms with Gasteiger partial charge < -0.3 is 19.3 Å². The first-order chi connectivity index (χ1) is 27.9. The third-order valence-electron chi connectivity index (χ3n) is 13.4. The monoisotopic (exact) mass is 789 g/mol. The molecule has 9 rings (SSSR count). The summed E-state index contributed by atoms with van der Waals surface area (Å²) >= 11 is 0. The molecule has 2 aromatic heterocycles. The van der Waals surface area contributed by atoms with Crippen LogP contribution in [0.4, 0.5) is 16.0 Å².